The summed E-state index contributed by atoms with van der Waals surface area (Å²) < 4.78 is 35.5. The van der Waals surface area contributed by atoms with Crippen LogP contribution in [0, 0.1) is 0 Å². The van der Waals surface area contributed by atoms with E-state index in [1.54, 1.807) is 24.3 Å². The van der Waals surface area contributed by atoms with E-state index in [-0.39, 0.29) is 11.0 Å². The molecule has 176 valence electrons. The number of aromatic nitrogens is 2. The van der Waals surface area contributed by atoms with Crippen molar-refractivity contribution < 1.29 is 17.9 Å². The molecule has 0 fully saturated rings. The number of nitrogens with zero attached hydrogens (tertiary/aromatic N) is 1. The van der Waals surface area contributed by atoms with Crippen LogP contribution in [0.4, 0.5) is 0 Å². The molecule has 0 aliphatic carbocycles. The largest absolute Gasteiger partial charge is 0.491 e. The van der Waals surface area contributed by atoms with Crippen LogP contribution in [0.1, 0.15) is 19.0 Å². The molecule has 0 bridgehead atoms. The summed E-state index contributed by atoms with van der Waals surface area (Å²) in [6, 6.07) is 26.5. The van der Waals surface area contributed by atoms with E-state index in [4.69, 9.17) is 9.47 Å². The molecule has 6 nitrogen and oxygen atoms in total. The zero-order valence-corrected chi connectivity index (χ0v) is 20.1. The number of sulfone groups is 1. The Bertz CT molecular complexity index is 1300. The molecule has 34 heavy (non-hydrogen) atoms. The Morgan fingerprint density at radius 2 is 1.53 bits per heavy atom. The molecule has 1 N–H and O–H groups in total. The Morgan fingerprint density at radius 3 is 2.18 bits per heavy atom. The average molecular weight is 477 g/mol. The maximum atomic E-state index is 11.8. The normalized spacial score (nSPS) is 12.4. The molecule has 0 saturated carbocycles. The number of H-pyrrole nitrogens is 1. The predicted molar refractivity (Wildman–Crippen MR) is 133 cm³/mol. The molecular weight excluding hydrogens is 448 g/mol. The van der Waals surface area contributed by atoms with Crippen LogP contribution in [0.25, 0.3) is 22.4 Å². The molecule has 0 saturated heterocycles. The minimum atomic E-state index is -3.26. The van der Waals surface area contributed by atoms with Gasteiger partial charge in [0.1, 0.15) is 5.75 Å². The lowest BCUT2D eigenvalue weighted by atomic mass is 9.99. The smallest absolute Gasteiger partial charge is 0.175 e. The van der Waals surface area contributed by atoms with Crippen LogP contribution in [0.3, 0.4) is 0 Å². The fraction of sp³-hybridized carbons (Fsp3) is 0.222. The van der Waals surface area contributed by atoms with E-state index in [2.05, 4.69) is 10.2 Å². The van der Waals surface area contributed by atoms with Crippen molar-refractivity contribution in [2.45, 2.75) is 31.0 Å². The van der Waals surface area contributed by atoms with E-state index in [0.29, 0.717) is 13.2 Å². The standard InChI is InChI=1S/C27H28N2O4S/c1-20(33-23-11-7-4-8-12-23)17-18-32-19-25-26(21-9-5-3-6-10-21)27(29-28-25)22-13-15-24(16-14-22)34(2,30)31/h3-16,20H,17-19H2,1-2H3,(H,28,29). The van der Waals surface area contributed by atoms with Gasteiger partial charge >= 0.3 is 0 Å². The van der Waals surface area contributed by atoms with Crippen LogP contribution < -0.4 is 4.74 Å². The van der Waals surface area contributed by atoms with Crippen LogP contribution in [0.2, 0.25) is 0 Å². The molecule has 0 spiro atoms. The number of para-hydroxylation sites is 1. The fourth-order valence-corrected chi connectivity index (χ4v) is 4.32. The van der Waals surface area contributed by atoms with Gasteiger partial charge in [0.2, 0.25) is 0 Å². The Kier molecular flexibility index (Phi) is 7.45. The lowest BCUT2D eigenvalue weighted by molar-refractivity contribution is 0.0861. The molecule has 0 aliphatic heterocycles. The summed E-state index contributed by atoms with van der Waals surface area (Å²) >= 11 is 0. The second-order valence-corrected chi connectivity index (χ2v) is 10.2. The minimum Gasteiger partial charge on any atom is -0.491 e. The third kappa shape index (κ3) is 5.92. The van der Waals surface area contributed by atoms with Gasteiger partial charge in [0.25, 0.3) is 0 Å². The number of hydrogen-bond donors (Lipinski definition) is 1. The van der Waals surface area contributed by atoms with Gasteiger partial charge in [-0.05, 0) is 36.8 Å². The van der Waals surface area contributed by atoms with Gasteiger partial charge in [-0.15, -0.1) is 0 Å². The molecule has 0 aliphatic rings. The minimum absolute atomic E-state index is 0.0269. The molecule has 0 amide bonds. The monoisotopic (exact) mass is 476 g/mol. The molecule has 1 aromatic heterocycles. The lowest BCUT2D eigenvalue weighted by Crippen LogP contribution is -2.14. The maximum Gasteiger partial charge on any atom is 0.175 e. The van der Waals surface area contributed by atoms with Gasteiger partial charge in [0.05, 0.1) is 35.6 Å². The summed E-state index contributed by atoms with van der Waals surface area (Å²) in [5.74, 6) is 0.847. The molecular formula is C27H28N2O4S. The molecule has 0 radical (unpaired) electrons. The van der Waals surface area contributed by atoms with E-state index in [0.717, 1.165) is 40.2 Å². The fourth-order valence-electron chi connectivity index (χ4n) is 3.69. The molecule has 3 aromatic carbocycles. The van der Waals surface area contributed by atoms with Crippen LogP contribution >= 0.6 is 0 Å². The number of aromatic amines is 1. The quantitative estimate of drug-likeness (QED) is 0.305. The Labute approximate surface area is 200 Å². The Hall–Kier alpha value is -3.42. The van der Waals surface area contributed by atoms with Crippen LogP contribution in [-0.4, -0.2) is 37.6 Å². The summed E-state index contributed by atoms with van der Waals surface area (Å²) in [5, 5.41) is 7.65. The molecule has 4 aromatic rings. The molecule has 4 rings (SSSR count). The van der Waals surface area contributed by atoms with Crippen LogP contribution in [-0.2, 0) is 21.2 Å². The van der Waals surface area contributed by atoms with Gasteiger partial charge in [-0.2, -0.15) is 5.10 Å². The van der Waals surface area contributed by atoms with Crippen molar-refractivity contribution in [3.8, 4) is 28.1 Å². The highest BCUT2D eigenvalue weighted by Crippen LogP contribution is 2.34. The highest BCUT2D eigenvalue weighted by molar-refractivity contribution is 7.90. The van der Waals surface area contributed by atoms with E-state index in [1.165, 1.54) is 6.26 Å². The van der Waals surface area contributed by atoms with E-state index >= 15 is 0 Å². The first kappa shape index (κ1) is 23.7. The van der Waals surface area contributed by atoms with E-state index in [9.17, 15) is 8.42 Å². The van der Waals surface area contributed by atoms with Crippen molar-refractivity contribution in [3.05, 3.63) is 90.6 Å². The van der Waals surface area contributed by atoms with Gasteiger partial charge in [-0.1, -0.05) is 60.7 Å². The zero-order valence-electron chi connectivity index (χ0n) is 19.3. The summed E-state index contributed by atoms with van der Waals surface area (Å²) in [5.41, 5.74) is 4.43. The third-order valence-electron chi connectivity index (χ3n) is 5.46. The highest BCUT2D eigenvalue weighted by Gasteiger charge is 2.18. The summed E-state index contributed by atoms with van der Waals surface area (Å²) in [6.07, 6.45) is 1.98. The van der Waals surface area contributed by atoms with Crippen LogP contribution in [0.5, 0.6) is 5.75 Å². The molecule has 7 heteroatoms. The van der Waals surface area contributed by atoms with Crippen molar-refractivity contribution in [2.24, 2.45) is 0 Å². The predicted octanol–water partition coefficient (Wildman–Crippen LogP) is 5.52. The second kappa shape index (κ2) is 10.7. The first-order valence-corrected chi connectivity index (χ1v) is 13.0. The van der Waals surface area contributed by atoms with Crippen molar-refractivity contribution in [1.82, 2.24) is 10.2 Å². The zero-order chi connectivity index (χ0) is 24.0. The summed E-state index contributed by atoms with van der Waals surface area (Å²) in [4.78, 5) is 0.285. The number of rotatable bonds is 10. The van der Waals surface area contributed by atoms with Gasteiger partial charge in [-0.25, -0.2) is 8.42 Å². The van der Waals surface area contributed by atoms with Gasteiger partial charge in [-0.3, -0.25) is 5.10 Å². The van der Waals surface area contributed by atoms with Crippen molar-refractivity contribution in [2.75, 3.05) is 12.9 Å². The average Bonchev–Trinajstić information content (AvgIpc) is 3.26. The van der Waals surface area contributed by atoms with Crippen molar-refractivity contribution in [3.63, 3.8) is 0 Å². The summed E-state index contributed by atoms with van der Waals surface area (Å²) in [7, 11) is -3.26. The first-order chi connectivity index (χ1) is 16.4. The topological polar surface area (TPSA) is 81.3 Å². The molecule has 1 heterocycles. The Morgan fingerprint density at radius 1 is 0.882 bits per heavy atom. The number of nitrogens with one attached hydrogen (secondary N) is 1. The Balaban J connectivity index is 1.48. The molecule has 1 atom stereocenters. The molecule has 1 unspecified atom stereocenters. The summed E-state index contributed by atoms with van der Waals surface area (Å²) in [6.45, 7) is 2.91. The van der Waals surface area contributed by atoms with Gasteiger partial charge < -0.3 is 9.47 Å². The second-order valence-electron chi connectivity index (χ2n) is 8.17. The van der Waals surface area contributed by atoms with Gasteiger partial charge in [0.15, 0.2) is 9.84 Å². The number of ether oxygens (including phenoxy) is 2. The van der Waals surface area contributed by atoms with E-state index < -0.39 is 9.84 Å². The van der Waals surface area contributed by atoms with Crippen molar-refractivity contribution in [1.29, 1.82) is 0 Å². The van der Waals surface area contributed by atoms with E-state index in [1.807, 2.05) is 67.6 Å². The third-order valence-corrected chi connectivity index (χ3v) is 6.59. The highest BCUT2D eigenvalue weighted by atomic mass is 32.2. The number of hydrogen-bond acceptors (Lipinski definition) is 5. The van der Waals surface area contributed by atoms with Gasteiger partial charge in [0, 0.05) is 23.8 Å². The maximum absolute atomic E-state index is 11.8. The lowest BCUT2D eigenvalue weighted by Gasteiger charge is -2.14. The number of benzene rings is 3. The first-order valence-electron chi connectivity index (χ1n) is 11.1. The van der Waals surface area contributed by atoms with Crippen molar-refractivity contribution >= 4 is 9.84 Å². The van der Waals surface area contributed by atoms with Crippen LogP contribution in [0.15, 0.2) is 89.8 Å². The SMILES string of the molecule is CC(CCOCc1n[nH]c(-c2ccc(S(C)(=O)=O)cc2)c1-c1ccccc1)Oc1ccccc1.